The van der Waals surface area contributed by atoms with Crippen molar-refractivity contribution in [1.82, 2.24) is 9.80 Å². The van der Waals surface area contributed by atoms with Gasteiger partial charge in [-0.2, -0.15) is 0 Å². The lowest BCUT2D eigenvalue weighted by atomic mass is 9.80. The number of hydrogen-bond donors (Lipinski definition) is 0. The van der Waals surface area contributed by atoms with Gasteiger partial charge in [-0.1, -0.05) is 74.5 Å². The number of ether oxygens (including phenoxy) is 1. The normalized spacial score (nSPS) is 26.6. The summed E-state index contributed by atoms with van der Waals surface area (Å²) in [4.78, 5) is 29.6. The molecule has 0 aromatic heterocycles. The summed E-state index contributed by atoms with van der Waals surface area (Å²) >= 11 is 0. The Morgan fingerprint density at radius 1 is 1.00 bits per heavy atom. The van der Waals surface area contributed by atoms with E-state index >= 15 is 0 Å². The van der Waals surface area contributed by atoms with E-state index in [1.165, 1.54) is 10.5 Å². The van der Waals surface area contributed by atoms with Gasteiger partial charge >= 0.3 is 6.09 Å². The van der Waals surface area contributed by atoms with Gasteiger partial charge in [-0.25, -0.2) is 9.69 Å². The van der Waals surface area contributed by atoms with Crippen LogP contribution in [-0.4, -0.2) is 47.0 Å². The fraction of sp³-hybridized carbons (Fsp3) is 0.462. The molecule has 2 aliphatic heterocycles. The Kier molecular flexibility index (Phi) is 6.71. The number of carbonyl (C=O) groups excluding carboxylic acids is 2. The number of piperidine rings is 1. The lowest BCUT2D eigenvalue weighted by molar-refractivity contribution is -0.131. The van der Waals surface area contributed by atoms with Crippen molar-refractivity contribution in [2.45, 2.75) is 51.7 Å². The van der Waals surface area contributed by atoms with Crippen LogP contribution in [0.25, 0.3) is 0 Å². The molecule has 0 aliphatic carbocycles. The Labute approximate surface area is 185 Å². The zero-order chi connectivity index (χ0) is 21.8. The number of likely N-dealkylation sites (tertiary alicyclic amines) is 1. The smallest absolute Gasteiger partial charge is 0.416 e. The zero-order valence-electron chi connectivity index (χ0n) is 18.4. The fourth-order valence-corrected chi connectivity index (χ4v) is 4.92. The standard InChI is InChI=1S/C26H32N2O3/c1-19-13-14-27(17-22-11-7-4-8-12-22)24(20(19)2)16-25(29)28-23(18-31-26(28)30)15-21-9-5-3-6-10-21/h3-12,19-20,23-24H,13-18H2,1-2H3/t19-,20-,23+,24+/m1/s1. The Morgan fingerprint density at radius 3 is 2.32 bits per heavy atom. The van der Waals surface area contributed by atoms with Gasteiger partial charge < -0.3 is 4.74 Å². The van der Waals surface area contributed by atoms with Gasteiger partial charge in [0.2, 0.25) is 5.91 Å². The lowest BCUT2D eigenvalue weighted by Gasteiger charge is -2.43. The molecule has 164 valence electrons. The molecule has 0 bridgehead atoms. The molecular weight excluding hydrogens is 388 g/mol. The number of cyclic esters (lactones) is 1. The molecule has 0 saturated carbocycles. The summed E-state index contributed by atoms with van der Waals surface area (Å²) in [6.07, 6.45) is 1.60. The third-order valence-corrected chi connectivity index (χ3v) is 7.00. The van der Waals surface area contributed by atoms with E-state index in [-0.39, 0.29) is 24.6 Å². The molecule has 2 heterocycles. The van der Waals surface area contributed by atoms with Crippen molar-refractivity contribution in [1.29, 1.82) is 0 Å². The van der Waals surface area contributed by atoms with Crippen LogP contribution in [0, 0.1) is 11.8 Å². The first-order valence-corrected chi connectivity index (χ1v) is 11.3. The fourth-order valence-electron chi connectivity index (χ4n) is 4.92. The first-order valence-electron chi connectivity index (χ1n) is 11.3. The molecule has 0 spiro atoms. The van der Waals surface area contributed by atoms with Gasteiger partial charge in [0, 0.05) is 19.0 Å². The first kappa shape index (κ1) is 21.6. The number of benzene rings is 2. The molecule has 2 amide bonds. The summed E-state index contributed by atoms with van der Waals surface area (Å²) in [7, 11) is 0. The third-order valence-electron chi connectivity index (χ3n) is 7.00. The molecule has 4 atom stereocenters. The summed E-state index contributed by atoms with van der Waals surface area (Å²) in [6, 6.07) is 20.3. The van der Waals surface area contributed by atoms with E-state index in [9.17, 15) is 9.59 Å². The van der Waals surface area contributed by atoms with E-state index in [0.29, 0.717) is 24.7 Å². The molecule has 0 radical (unpaired) electrons. The van der Waals surface area contributed by atoms with Gasteiger partial charge in [-0.3, -0.25) is 9.69 Å². The van der Waals surface area contributed by atoms with E-state index in [2.05, 4.69) is 43.0 Å². The molecule has 5 heteroatoms. The minimum absolute atomic E-state index is 0.113. The number of rotatable bonds is 6. The quantitative estimate of drug-likeness (QED) is 0.690. The highest BCUT2D eigenvalue weighted by atomic mass is 16.6. The first-order chi connectivity index (χ1) is 15.0. The maximum absolute atomic E-state index is 13.4. The second-order valence-electron chi connectivity index (χ2n) is 9.04. The number of hydrogen-bond acceptors (Lipinski definition) is 4. The van der Waals surface area contributed by atoms with Crippen molar-refractivity contribution in [3.63, 3.8) is 0 Å². The average molecular weight is 421 g/mol. The predicted octanol–water partition coefficient (Wildman–Crippen LogP) is 4.51. The second-order valence-corrected chi connectivity index (χ2v) is 9.04. The Hall–Kier alpha value is -2.66. The van der Waals surface area contributed by atoms with Crippen molar-refractivity contribution >= 4 is 12.0 Å². The van der Waals surface area contributed by atoms with Crippen molar-refractivity contribution in [3.05, 3.63) is 71.8 Å². The van der Waals surface area contributed by atoms with Crippen molar-refractivity contribution < 1.29 is 14.3 Å². The van der Waals surface area contributed by atoms with E-state index < -0.39 is 6.09 Å². The Bertz CT molecular complexity index is 886. The molecule has 2 saturated heterocycles. The molecule has 2 fully saturated rings. The van der Waals surface area contributed by atoms with Crippen LogP contribution in [-0.2, 0) is 22.5 Å². The van der Waals surface area contributed by atoms with Crippen molar-refractivity contribution in [2.24, 2.45) is 11.8 Å². The summed E-state index contributed by atoms with van der Waals surface area (Å²) in [5.74, 6) is 0.815. The molecule has 5 nitrogen and oxygen atoms in total. The minimum Gasteiger partial charge on any atom is -0.447 e. The van der Waals surface area contributed by atoms with E-state index in [0.717, 1.165) is 25.1 Å². The van der Waals surface area contributed by atoms with Gasteiger partial charge in [0.05, 0.1) is 6.04 Å². The highest BCUT2D eigenvalue weighted by Crippen LogP contribution is 2.32. The number of carbonyl (C=O) groups is 2. The summed E-state index contributed by atoms with van der Waals surface area (Å²) < 4.78 is 5.28. The van der Waals surface area contributed by atoms with Crippen LogP contribution < -0.4 is 0 Å². The largest absolute Gasteiger partial charge is 0.447 e. The molecule has 2 aromatic rings. The number of nitrogens with zero attached hydrogens (tertiary/aromatic N) is 2. The Morgan fingerprint density at radius 2 is 1.65 bits per heavy atom. The van der Waals surface area contributed by atoms with Crippen LogP contribution >= 0.6 is 0 Å². The molecule has 31 heavy (non-hydrogen) atoms. The molecule has 2 aromatic carbocycles. The molecular formula is C26H32N2O3. The van der Waals surface area contributed by atoms with Crippen LogP contribution in [0.2, 0.25) is 0 Å². The van der Waals surface area contributed by atoms with Gasteiger partial charge in [-0.15, -0.1) is 0 Å². The van der Waals surface area contributed by atoms with Gasteiger partial charge in [0.25, 0.3) is 0 Å². The highest BCUT2D eigenvalue weighted by Gasteiger charge is 2.41. The van der Waals surface area contributed by atoms with Crippen LogP contribution in [0.3, 0.4) is 0 Å². The highest BCUT2D eigenvalue weighted by molar-refractivity contribution is 5.93. The summed E-state index contributed by atoms with van der Waals surface area (Å²) in [6.45, 7) is 6.57. The maximum Gasteiger partial charge on any atom is 0.416 e. The van der Waals surface area contributed by atoms with Crippen LogP contribution in [0.1, 0.15) is 37.8 Å². The van der Waals surface area contributed by atoms with Crippen LogP contribution in [0.15, 0.2) is 60.7 Å². The predicted molar refractivity (Wildman–Crippen MR) is 120 cm³/mol. The van der Waals surface area contributed by atoms with Crippen molar-refractivity contribution in [3.8, 4) is 0 Å². The van der Waals surface area contributed by atoms with Crippen LogP contribution in [0.4, 0.5) is 4.79 Å². The number of imide groups is 1. The molecule has 4 rings (SSSR count). The molecule has 0 N–H and O–H groups in total. The molecule has 0 unspecified atom stereocenters. The lowest BCUT2D eigenvalue weighted by Crippen LogP contribution is -2.50. The monoisotopic (exact) mass is 420 g/mol. The number of amides is 2. The van der Waals surface area contributed by atoms with E-state index in [4.69, 9.17) is 4.74 Å². The van der Waals surface area contributed by atoms with E-state index in [1.807, 2.05) is 36.4 Å². The van der Waals surface area contributed by atoms with Gasteiger partial charge in [0.15, 0.2) is 0 Å². The van der Waals surface area contributed by atoms with Gasteiger partial charge in [0.1, 0.15) is 6.61 Å². The summed E-state index contributed by atoms with van der Waals surface area (Å²) in [5.41, 5.74) is 2.36. The van der Waals surface area contributed by atoms with E-state index in [1.54, 1.807) is 0 Å². The average Bonchev–Trinajstić information content (AvgIpc) is 3.14. The third kappa shape index (κ3) is 4.99. The van der Waals surface area contributed by atoms with Gasteiger partial charge in [-0.05, 0) is 42.3 Å². The SMILES string of the molecule is C[C@@H]1[C@H](C)CCN(Cc2ccccc2)[C@H]1CC(=O)N1C(=O)OC[C@@H]1Cc1ccccc1. The summed E-state index contributed by atoms with van der Waals surface area (Å²) in [5, 5.41) is 0. The zero-order valence-corrected chi connectivity index (χ0v) is 18.4. The Balaban J connectivity index is 1.48. The topological polar surface area (TPSA) is 49.9 Å². The molecule has 2 aliphatic rings. The maximum atomic E-state index is 13.4. The second kappa shape index (κ2) is 9.65. The van der Waals surface area contributed by atoms with Crippen LogP contribution in [0.5, 0.6) is 0 Å². The minimum atomic E-state index is -0.503. The van der Waals surface area contributed by atoms with Crippen molar-refractivity contribution in [2.75, 3.05) is 13.2 Å².